The maximum Gasteiger partial charge on any atom is 0.321 e. The number of benzene rings is 3. The number of hydrogen-bond donors (Lipinski definition) is 0. The molecule has 0 fully saturated rings. The molecule has 5 heteroatoms. The largest absolute Gasteiger partial charge is 0.426 e. The lowest BCUT2D eigenvalue weighted by atomic mass is 10.1. The van der Waals surface area contributed by atoms with Gasteiger partial charge in [0, 0.05) is 0 Å². The van der Waals surface area contributed by atoms with Crippen molar-refractivity contribution in [2.45, 2.75) is 32.5 Å². The average molecular weight is 417 g/mol. The molecule has 4 nitrogen and oxygen atoms in total. The number of fused-ring (bicyclic) bond motifs is 1. The molecule has 3 aromatic carbocycles. The first-order valence-electron chi connectivity index (χ1n) is 9.91. The van der Waals surface area contributed by atoms with Crippen molar-refractivity contribution < 1.29 is 9.53 Å². The topological polar surface area (TPSA) is 44.1 Å². The number of thioether (sulfide) groups is 1. The lowest BCUT2D eigenvalue weighted by Crippen LogP contribution is -2.12. The number of esters is 1. The number of aromatic nitrogens is 2. The van der Waals surface area contributed by atoms with E-state index in [9.17, 15) is 4.79 Å². The van der Waals surface area contributed by atoms with E-state index in [1.807, 2.05) is 50.2 Å². The Morgan fingerprint density at radius 1 is 0.967 bits per heavy atom. The molecule has 0 radical (unpaired) electrons. The lowest BCUT2D eigenvalue weighted by Gasteiger charge is -2.10. The van der Waals surface area contributed by atoms with Gasteiger partial charge in [-0.1, -0.05) is 59.8 Å². The summed E-state index contributed by atoms with van der Waals surface area (Å²) in [6, 6.07) is 22.2. The smallest absolute Gasteiger partial charge is 0.321 e. The van der Waals surface area contributed by atoms with E-state index in [1.54, 1.807) is 0 Å². The first kappa shape index (κ1) is 20.2. The first-order chi connectivity index (χ1) is 14.5. The number of hydrogen-bond acceptors (Lipinski definition) is 4. The Balaban J connectivity index is 1.53. The summed E-state index contributed by atoms with van der Waals surface area (Å²) in [5.41, 5.74) is 6.70. The number of aryl methyl sites for hydroxylation is 3. The molecule has 0 aliphatic heterocycles. The summed E-state index contributed by atoms with van der Waals surface area (Å²) in [6.07, 6.45) is 0. The maximum atomic E-state index is 12.4. The molecule has 1 aromatic heterocycles. The van der Waals surface area contributed by atoms with Gasteiger partial charge in [0.25, 0.3) is 0 Å². The minimum Gasteiger partial charge on any atom is -0.426 e. The van der Waals surface area contributed by atoms with Gasteiger partial charge in [-0.15, -0.1) is 0 Å². The Bertz CT molecular complexity index is 1210. The van der Waals surface area contributed by atoms with Crippen LogP contribution in [0.25, 0.3) is 11.0 Å². The van der Waals surface area contributed by atoms with Crippen LogP contribution in [0.2, 0.25) is 0 Å². The molecule has 0 saturated heterocycles. The van der Waals surface area contributed by atoms with Crippen molar-refractivity contribution >= 4 is 28.8 Å². The second-order valence-electron chi connectivity index (χ2n) is 7.47. The van der Waals surface area contributed by atoms with E-state index in [4.69, 9.17) is 9.72 Å². The number of ether oxygens (including phenoxy) is 1. The highest BCUT2D eigenvalue weighted by Crippen LogP contribution is 2.26. The third-order valence-corrected chi connectivity index (χ3v) is 6.02. The van der Waals surface area contributed by atoms with Crippen LogP contribution in [0.5, 0.6) is 5.75 Å². The van der Waals surface area contributed by atoms with Crippen LogP contribution in [0.3, 0.4) is 0 Å². The van der Waals surface area contributed by atoms with Gasteiger partial charge in [-0.05, 0) is 61.7 Å². The number of para-hydroxylation sites is 2. The zero-order valence-corrected chi connectivity index (χ0v) is 18.2. The molecule has 0 amide bonds. The van der Waals surface area contributed by atoms with Crippen LogP contribution in [0, 0.1) is 20.8 Å². The highest BCUT2D eigenvalue weighted by molar-refractivity contribution is 7.99. The molecule has 1 heterocycles. The molecule has 0 atom stereocenters. The van der Waals surface area contributed by atoms with E-state index in [1.165, 1.54) is 28.5 Å². The van der Waals surface area contributed by atoms with Crippen LogP contribution in [0.1, 0.15) is 22.3 Å². The summed E-state index contributed by atoms with van der Waals surface area (Å²) >= 11 is 1.41. The fourth-order valence-electron chi connectivity index (χ4n) is 3.37. The van der Waals surface area contributed by atoms with Crippen molar-refractivity contribution in [2.75, 3.05) is 5.75 Å². The van der Waals surface area contributed by atoms with Gasteiger partial charge in [0.1, 0.15) is 5.75 Å². The van der Waals surface area contributed by atoms with Crippen LogP contribution in [-0.4, -0.2) is 21.3 Å². The zero-order chi connectivity index (χ0) is 21.1. The van der Waals surface area contributed by atoms with Crippen LogP contribution >= 0.6 is 11.8 Å². The highest BCUT2D eigenvalue weighted by Gasteiger charge is 2.14. The molecule has 0 spiro atoms. The van der Waals surface area contributed by atoms with E-state index in [2.05, 4.69) is 41.8 Å². The highest BCUT2D eigenvalue weighted by atomic mass is 32.2. The van der Waals surface area contributed by atoms with Gasteiger partial charge < -0.3 is 9.30 Å². The molecule has 30 heavy (non-hydrogen) atoms. The third-order valence-electron chi connectivity index (χ3n) is 5.07. The SMILES string of the molecule is Cc1cccc(Cn2c(SCC(=O)Oc3ccc(C)c(C)c3)nc3ccccc32)c1. The summed E-state index contributed by atoms with van der Waals surface area (Å²) in [4.78, 5) is 17.2. The van der Waals surface area contributed by atoms with Gasteiger partial charge in [-0.2, -0.15) is 0 Å². The van der Waals surface area contributed by atoms with Gasteiger partial charge >= 0.3 is 5.97 Å². The van der Waals surface area contributed by atoms with Crippen molar-refractivity contribution in [3.8, 4) is 5.75 Å². The fraction of sp³-hybridized carbons (Fsp3) is 0.200. The summed E-state index contributed by atoms with van der Waals surface area (Å²) in [5, 5.41) is 0.815. The van der Waals surface area contributed by atoms with E-state index < -0.39 is 0 Å². The molecular formula is C25H24N2O2S. The molecule has 0 bridgehead atoms. The van der Waals surface area contributed by atoms with Crippen LogP contribution in [-0.2, 0) is 11.3 Å². The van der Waals surface area contributed by atoms with Crippen molar-refractivity contribution in [3.05, 3.63) is 89.0 Å². The molecule has 4 rings (SSSR count). The summed E-state index contributed by atoms with van der Waals surface area (Å²) in [6.45, 7) is 6.84. The van der Waals surface area contributed by atoms with Crippen molar-refractivity contribution in [1.82, 2.24) is 9.55 Å². The number of rotatable bonds is 6. The van der Waals surface area contributed by atoms with Gasteiger partial charge in [0.05, 0.1) is 23.3 Å². The number of carbonyl (C=O) groups excluding carboxylic acids is 1. The van der Waals surface area contributed by atoms with Gasteiger partial charge in [0.2, 0.25) is 0 Å². The molecule has 0 aliphatic rings. The summed E-state index contributed by atoms with van der Waals surface area (Å²) < 4.78 is 7.69. The molecule has 0 N–H and O–H groups in total. The molecule has 152 valence electrons. The monoisotopic (exact) mass is 416 g/mol. The Kier molecular flexibility index (Phi) is 5.91. The summed E-state index contributed by atoms with van der Waals surface area (Å²) in [5.74, 6) is 0.499. The quantitative estimate of drug-likeness (QED) is 0.229. The lowest BCUT2D eigenvalue weighted by molar-refractivity contribution is -0.131. The Morgan fingerprint density at radius 3 is 2.60 bits per heavy atom. The van der Waals surface area contributed by atoms with Crippen LogP contribution < -0.4 is 4.74 Å². The minimum absolute atomic E-state index is 0.198. The second-order valence-corrected chi connectivity index (χ2v) is 8.41. The third kappa shape index (κ3) is 4.57. The van der Waals surface area contributed by atoms with E-state index in [0.29, 0.717) is 12.3 Å². The normalized spacial score (nSPS) is 11.0. The second kappa shape index (κ2) is 8.76. The number of nitrogens with zero attached hydrogens (tertiary/aromatic N) is 2. The van der Waals surface area contributed by atoms with Crippen molar-refractivity contribution in [1.29, 1.82) is 0 Å². The summed E-state index contributed by atoms with van der Waals surface area (Å²) in [7, 11) is 0. The zero-order valence-electron chi connectivity index (χ0n) is 17.4. The maximum absolute atomic E-state index is 12.4. The molecule has 0 aliphatic carbocycles. The Morgan fingerprint density at radius 2 is 1.80 bits per heavy atom. The van der Waals surface area contributed by atoms with E-state index >= 15 is 0 Å². The molecular weight excluding hydrogens is 392 g/mol. The predicted octanol–water partition coefficient (Wildman–Crippen LogP) is 5.71. The first-order valence-corrected chi connectivity index (χ1v) is 10.9. The standard InChI is InChI=1S/C25H24N2O2S/c1-17-7-6-8-20(13-17)15-27-23-10-5-4-9-22(23)26-25(27)30-16-24(28)29-21-12-11-18(2)19(3)14-21/h4-14H,15-16H2,1-3H3. The predicted molar refractivity (Wildman–Crippen MR) is 122 cm³/mol. The Hall–Kier alpha value is -3.05. The van der Waals surface area contributed by atoms with E-state index in [0.717, 1.165) is 21.8 Å². The Labute approximate surface area is 180 Å². The van der Waals surface area contributed by atoms with Crippen LogP contribution in [0.15, 0.2) is 71.9 Å². The molecule has 0 unspecified atom stereocenters. The fourth-order valence-corrected chi connectivity index (χ4v) is 4.16. The number of imidazole rings is 1. The number of carbonyl (C=O) groups is 1. The molecule has 4 aromatic rings. The van der Waals surface area contributed by atoms with Crippen molar-refractivity contribution in [3.63, 3.8) is 0 Å². The van der Waals surface area contributed by atoms with Crippen LogP contribution in [0.4, 0.5) is 0 Å². The van der Waals surface area contributed by atoms with Gasteiger partial charge in [-0.3, -0.25) is 4.79 Å². The van der Waals surface area contributed by atoms with Crippen molar-refractivity contribution in [2.24, 2.45) is 0 Å². The van der Waals surface area contributed by atoms with Gasteiger partial charge in [0.15, 0.2) is 5.16 Å². The minimum atomic E-state index is -0.280. The van der Waals surface area contributed by atoms with Gasteiger partial charge in [-0.25, -0.2) is 4.98 Å². The molecule has 0 saturated carbocycles. The van der Waals surface area contributed by atoms with E-state index in [-0.39, 0.29) is 11.7 Å². The average Bonchev–Trinajstić information content (AvgIpc) is 3.07.